The number of halogens is 2. The highest BCUT2D eigenvalue weighted by atomic mass is 35.5. The largest absolute Gasteiger partial charge is 0.467 e. The topological polar surface area (TPSA) is 74.6 Å². The van der Waals surface area contributed by atoms with Crippen molar-refractivity contribution in [2.75, 3.05) is 0 Å². The third kappa shape index (κ3) is 2.16. The van der Waals surface area contributed by atoms with Gasteiger partial charge in [-0.3, -0.25) is 4.99 Å². The van der Waals surface area contributed by atoms with E-state index in [9.17, 15) is 0 Å². The highest BCUT2D eigenvalue weighted by Crippen LogP contribution is 2.15. The summed E-state index contributed by atoms with van der Waals surface area (Å²) in [6.45, 7) is 0.368. The number of amidine groups is 4. The van der Waals surface area contributed by atoms with Gasteiger partial charge in [-0.2, -0.15) is 0 Å². The second-order valence-electron chi connectivity index (χ2n) is 3.58. The van der Waals surface area contributed by atoms with Crippen molar-refractivity contribution in [3.63, 3.8) is 0 Å². The molecule has 0 spiro atoms. The van der Waals surface area contributed by atoms with Crippen molar-refractivity contribution in [3.05, 3.63) is 24.2 Å². The van der Waals surface area contributed by atoms with Crippen LogP contribution in [0.3, 0.4) is 0 Å². The molecule has 1 atom stereocenters. The molecule has 1 aromatic heterocycles. The van der Waals surface area contributed by atoms with Crippen molar-refractivity contribution < 1.29 is 4.42 Å². The summed E-state index contributed by atoms with van der Waals surface area (Å²) in [6.07, 6.45) is 1.59. The lowest BCUT2D eigenvalue weighted by Crippen LogP contribution is -2.43. The first-order valence-corrected chi connectivity index (χ1v) is 5.88. The highest BCUT2D eigenvalue weighted by Gasteiger charge is 2.31. The zero-order chi connectivity index (χ0) is 12.5. The van der Waals surface area contributed by atoms with Crippen molar-refractivity contribution in [2.45, 2.75) is 12.6 Å². The number of hydrogen-bond acceptors (Lipinski definition) is 5. The van der Waals surface area contributed by atoms with Gasteiger partial charge in [-0.25, -0.2) is 15.0 Å². The van der Waals surface area contributed by atoms with E-state index in [1.807, 2.05) is 6.07 Å². The molecule has 6 nitrogen and oxygen atoms in total. The maximum atomic E-state index is 5.85. The van der Waals surface area contributed by atoms with Crippen LogP contribution in [0.2, 0.25) is 0 Å². The summed E-state index contributed by atoms with van der Waals surface area (Å²) in [6, 6.07) is 3.22. The quantitative estimate of drug-likeness (QED) is 0.840. The van der Waals surface area contributed by atoms with E-state index in [-0.39, 0.29) is 10.6 Å². The summed E-state index contributed by atoms with van der Waals surface area (Å²) in [4.78, 5) is 16.5. The lowest BCUT2D eigenvalue weighted by Gasteiger charge is -2.16. The van der Waals surface area contributed by atoms with Gasteiger partial charge in [-0.1, -0.05) is 0 Å². The zero-order valence-corrected chi connectivity index (χ0v) is 10.5. The molecular weight excluding hydrogens is 277 g/mol. The predicted molar refractivity (Wildman–Crippen MR) is 70.8 cm³/mol. The fourth-order valence-corrected chi connectivity index (χ4v) is 1.98. The minimum Gasteiger partial charge on any atom is -0.467 e. The normalized spacial score (nSPS) is 24.2. The molecule has 3 rings (SSSR count). The minimum atomic E-state index is -0.407. The number of nitrogens with one attached hydrogen (secondary N) is 1. The third-order valence-corrected chi connectivity index (χ3v) is 2.73. The molecule has 0 saturated carbocycles. The van der Waals surface area contributed by atoms with Crippen molar-refractivity contribution >= 4 is 45.5 Å². The Bertz CT molecular complexity index is 587. The monoisotopic (exact) mass is 283 g/mol. The molecule has 0 saturated heterocycles. The first-order valence-electron chi connectivity index (χ1n) is 5.12. The van der Waals surface area contributed by atoms with E-state index in [4.69, 9.17) is 27.6 Å². The lowest BCUT2D eigenvalue weighted by molar-refractivity contribution is 0.512. The molecule has 3 heterocycles. The van der Waals surface area contributed by atoms with E-state index in [0.29, 0.717) is 18.2 Å². The van der Waals surface area contributed by atoms with E-state index in [2.05, 4.69) is 25.3 Å². The van der Waals surface area contributed by atoms with Crippen molar-refractivity contribution in [1.82, 2.24) is 5.32 Å². The Labute approximate surface area is 112 Å². The number of furan rings is 1. The Morgan fingerprint density at radius 1 is 1.39 bits per heavy atom. The maximum absolute atomic E-state index is 5.85. The molecule has 0 aliphatic carbocycles. The second-order valence-corrected chi connectivity index (χ2v) is 4.28. The SMILES string of the molecule is ClC1=NC2C(=NCc3ccco3)N=C(Cl)NC2=N1. The van der Waals surface area contributed by atoms with Gasteiger partial charge in [0.1, 0.15) is 11.6 Å². The van der Waals surface area contributed by atoms with Crippen LogP contribution in [0.25, 0.3) is 0 Å². The number of fused-ring (bicyclic) bond motifs is 1. The second kappa shape index (κ2) is 4.55. The van der Waals surface area contributed by atoms with Crippen LogP contribution >= 0.6 is 23.2 Å². The number of rotatable bonds is 2. The van der Waals surface area contributed by atoms with Crippen LogP contribution in [0.15, 0.2) is 42.8 Å². The average Bonchev–Trinajstić information content (AvgIpc) is 2.93. The van der Waals surface area contributed by atoms with Crippen molar-refractivity contribution in [1.29, 1.82) is 0 Å². The van der Waals surface area contributed by atoms with E-state index in [1.165, 1.54) is 0 Å². The minimum absolute atomic E-state index is 0.162. The van der Waals surface area contributed by atoms with E-state index >= 15 is 0 Å². The summed E-state index contributed by atoms with van der Waals surface area (Å²) in [5.41, 5.74) is 0. The average molecular weight is 284 g/mol. The van der Waals surface area contributed by atoms with Crippen LogP contribution in [0.4, 0.5) is 0 Å². The molecular formula is C10H7Cl2N5O. The van der Waals surface area contributed by atoms with Gasteiger partial charge < -0.3 is 9.73 Å². The summed E-state index contributed by atoms with van der Waals surface area (Å²) in [7, 11) is 0. The molecule has 0 fully saturated rings. The fourth-order valence-electron chi connectivity index (χ4n) is 1.61. The maximum Gasteiger partial charge on any atom is 0.220 e. The summed E-state index contributed by atoms with van der Waals surface area (Å²) >= 11 is 11.6. The third-order valence-electron chi connectivity index (χ3n) is 2.37. The first kappa shape index (κ1) is 11.4. The molecule has 18 heavy (non-hydrogen) atoms. The smallest absolute Gasteiger partial charge is 0.220 e. The Balaban J connectivity index is 1.88. The van der Waals surface area contributed by atoms with Crippen LogP contribution in [0.1, 0.15) is 5.76 Å². The van der Waals surface area contributed by atoms with Gasteiger partial charge in [0.15, 0.2) is 11.9 Å². The molecule has 1 N–H and O–H groups in total. The van der Waals surface area contributed by atoms with Crippen LogP contribution in [-0.2, 0) is 6.54 Å². The van der Waals surface area contributed by atoms with Crippen LogP contribution in [0, 0.1) is 0 Å². The summed E-state index contributed by atoms with van der Waals surface area (Å²) in [5.74, 6) is 1.74. The van der Waals surface area contributed by atoms with Crippen molar-refractivity contribution in [3.8, 4) is 0 Å². The Morgan fingerprint density at radius 3 is 3.06 bits per heavy atom. The van der Waals surface area contributed by atoms with E-state index < -0.39 is 6.04 Å². The van der Waals surface area contributed by atoms with Gasteiger partial charge in [0.05, 0.1) is 12.8 Å². The highest BCUT2D eigenvalue weighted by molar-refractivity contribution is 6.70. The molecule has 92 valence electrons. The van der Waals surface area contributed by atoms with Gasteiger partial charge in [0.2, 0.25) is 10.6 Å². The molecule has 1 unspecified atom stereocenters. The van der Waals surface area contributed by atoms with E-state index in [0.717, 1.165) is 5.76 Å². The van der Waals surface area contributed by atoms with Crippen LogP contribution in [-0.4, -0.2) is 28.3 Å². The van der Waals surface area contributed by atoms with Gasteiger partial charge >= 0.3 is 0 Å². The molecule has 2 aliphatic heterocycles. The van der Waals surface area contributed by atoms with Gasteiger partial charge in [-0.15, -0.1) is 0 Å². The summed E-state index contributed by atoms with van der Waals surface area (Å²) < 4.78 is 5.19. The fraction of sp³-hybridized carbons (Fsp3) is 0.200. The first-order chi connectivity index (χ1) is 8.72. The van der Waals surface area contributed by atoms with Gasteiger partial charge in [0.25, 0.3) is 0 Å². The van der Waals surface area contributed by atoms with Crippen LogP contribution in [0.5, 0.6) is 0 Å². The number of aliphatic imine (C=N–C) groups is 4. The standard InChI is InChI=1S/C10H7Cl2N5O/c11-9-14-6-7(13-4-5-2-1-3-18-5)15-10(12)17-8(6)16-9/h1-3,6H,4H2,(H,13,14,15,16,17). The molecule has 8 heteroatoms. The number of nitrogens with zero attached hydrogens (tertiary/aromatic N) is 4. The molecule has 0 radical (unpaired) electrons. The Kier molecular flexibility index (Phi) is 2.89. The lowest BCUT2D eigenvalue weighted by atomic mass is 10.2. The van der Waals surface area contributed by atoms with Gasteiger partial charge in [0, 0.05) is 0 Å². The van der Waals surface area contributed by atoms with Gasteiger partial charge in [-0.05, 0) is 35.3 Å². The van der Waals surface area contributed by atoms with Crippen molar-refractivity contribution in [2.24, 2.45) is 20.0 Å². The zero-order valence-electron chi connectivity index (χ0n) is 8.97. The Hall–Kier alpha value is -1.66. The molecule has 1 aromatic rings. The number of hydrogen-bond donors (Lipinski definition) is 1. The molecule has 2 aliphatic rings. The van der Waals surface area contributed by atoms with Crippen LogP contribution < -0.4 is 5.32 Å². The predicted octanol–water partition coefficient (Wildman–Crippen LogP) is 1.75. The molecule has 0 bridgehead atoms. The Morgan fingerprint density at radius 2 is 2.28 bits per heavy atom. The summed E-state index contributed by atoms with van der Waals surface area (Å²) in [5, 5.41) is 3.15. The molecule has 0 aromatic carbocycles. The van der Waals surface area contributed by atoms with E-state index in [1.54, 1.807) is 12.3 Å². The molecule has 0 amide bonds.